The third-order valence-corrected chi connectivity index (χ3v) is 4.97. The Bertz CT molecular complexity index is 769. The smallest absolute Gasteiger partial charge is 0.393 e. The molecule has 7 nitrogen and oxygen atoms in total. The van der Waals surface area contributed by atoms with E-state index in [0.717, 1.165) is 6.07 Å². The molecule has 0 heterocycles. The van der Waals surface area contributed by atoms with Gasteiger partial charge in [-0.15, -0.1) is 0 Å². The van der Waals surface area contributed by atoms with Crippen LogP contribution in [0.25, 0.3) is 0 Å². The number of aliphatic imine (C=N–C) groups is 1. The Hall–Kier alpha value is -1.95. The van der Waals surface area contributed by atoms with Gasteiger partial charge in [-0.2, -0.15) is 18.2 Å². The lowest BCUT2D eigenvalue weighted by atomic mass is 9.93. The van der Waals surface area contributed by atoms with Crippen molar-refractivity contribution in [1.29, 1.82) is 0 Å². The van der Waals surface area contributed by atoms with Gasteiger partial charge in [0.05, 0.1) is 17.3 Å². The Kier molecular flexibility index (Phi) is 8.42. The lowest BCUT2D eigenvalue weighted by molar-refractivity contribution is -0.149. The number of amides is 1. The van der Waals surface area contributed by atoms with E-state index in [0.29, 0.717) is 25.7 Å². The van der Waals surface area contributed by atoms with E-state index in [1.807, 2.05) is 0 Å². The molecule has 0 saturated heterocycles. The molecule has 168 valence electrons. The molecule has 0 bridgehead atoms. The van der Waals surface area contributed by atoms with E-state index in [1.54, 1.807) is 0 Å². The molecule has 12 heteroatoms. The van der Waals surface area contributed by atoms with Gasteiger partial charge in [-0.05, 0) is 43.9 Å². The fraction of sp³-hybridized carbons (Fsp3) is 0.556. The average molecular weight is 454 g/mol. The number of hydrogen-bond acceptors (Lipinski definition) is 4. The zero-order valence-electron chi connectivity index (χ0n) is 15.9. The molecule has 0 radical (unpaired) electrons. The third-order valence-electron chi connectivity index (χ3n) is 4.67. The molecule has 0 aliphatic heterocycles. The van der Waals surface area contributed by atoms with Gasteiger partial charge < -0.3 is 27.2 Å². The van der Waals surface area contributed by atoms with Crippen LogP contribution in [-0.4, -0.2) is 47.5 Å². The maximum atomic E-state index is 13.6. The van der Waals surface area contributed by atoms with Crippen LogP contribution < -0.4 is 22.1 Å². The molecule has 0 aromatic heterocycles. The molecule has 2 atom stereocenters. The number of aliphatic hydroxyl groups is 1. The van der Waals surface area contributed by atoms with Crippen molar-refractivity contribution in [2.75, 3.05) is 0 Å². The Morgan fingerprint density at radius 2 is 1.90 bits per heavy atom. The second-order valence-corrected chi connectivity index (χ2v) is 7.59. The minimum atomic E-state index is -4.62. The molecule has 0 spiro atoms. The van der Waals surface area contributed by atoms with Gasteiger partial charge >= 0.3 is 6.18 Å². The topological polar surface area (TPSA) is 126 Å². The van der Waals surface area contributed by atoms with Crippen molar-refractivity contribution in [3.8, 4) is 0 Å². The molecular weight excluding hydrogens is 430 g/mol. The van der Waals surface area contributed by atoms with Crippen molar-refractivity contribution in [3.05, 3.63) is 34.6 Å². The molecule has 1 aromatic rings. The number of nitrogens with zero attached hydrogens (tertiary/aromatic N) is 1. The molecule has 7 N–H and O–H groups in total. The number of nitrogens with one attached hydrogen (secondary N) is 2. The van der Waals surface area contributed by atoms with Crippen molar-refractivity contribution in [1.82, 2.24) is 10.6 Å². The lowest BCUT2D eigenvalue weighted by Crippen LogP contribution is -2.54. The van der Waals surface area contributed by atoms with Gasteiger partial charge in [0.25, 0.3) is 5.91 Å². The van der Waals surface area contributed by atoms with Crippen LogP contribution in [0.5, 0.6) is 0 Å². The zero-order chi connectivity index (χ0) is 22.5. The summed E-state index contributed by atoms with van der Waals surface area (Å²) in [4.78, 5) is 16.2. The lowest BCUT2D eigenvalue weighted by Gasteiger charge is -2.29. The van der Waals surface area contributed by atoms with E-state index < -0.39 is 42.6 Å². The number of halogens is 5. The van der Waals surface area contributed by atoms with Crippen LogP contribution in [-0.2, 0) is 0 Å². The monoisotopic (exact) mass is 453 g/mol. The van der Waals surface area contributed by atoms with Gasteiger partial charge in [0.2, 0.25) is 5.96 Å². The summed E-state index contributed by atoms with van der Waals surface area (Å²) in [6.45, 7) is 0. The quantitative estimate of drug-likeness (QED) is 0.201. The van der Waals surface area contributed by atoms with Crippen molar-refractivity contribution in [2.45, 2.75) is 62.6 Å². The number of carbonyl (C=O) groups excluding carboxylic acids is 1. The van der Waals surface area contributed by atoms with Crippen LogP contribution in [0.2, 0.25) is 5.02 Å². The van der Waals surface area contributed by atoms with Gasteiger partial charge in [-0.25, -0.2) is 4.39 Å². The standard InChI is InChI=1S/C18H24ClF4N5O2/c19-12-6-1-9(7-13(12)20)16(30)28-17(26-10-2-4-11(29)5-3-10)27-15(25)8-14(24)18(21,22)23/h1,6-7,10-11,14-15,29H,2-5,8,24-25H2,(H2,26,27,28,30). The summed E-state index contributed by atoms with van der Waals surface area (Å²) >= 11 is 5.60. The molecule has 30 heavy (non-hydrogen) atoms. The van der Waals surface area contributed by atoms with Gasteiger partial charge in [-0.3, -0.25) is 4.79 Å². The van der Waals surface area contributed by atoms with Crippen LogP contribution in [0.15, 0.2) is 23.2 Å². The van der Waals surface area contributed by atoms with Crippen molar-refractivity contribution >= 4 is 23.5 Å². The number of rotatable bonds is 5. The summed E-state index contributed by atoms with van der Waals surface area (Å²) in [5, 5.41) is 14.9. The molecule has 1 aromatic carbocycles. The molecule has 1 aliphatic carbocycles. The van der Waals surface area contributed by atoms with Crippen molar-refractivity contribution < 1.29 is 27.5 Å². The highest BCUT2D eigenvalue weighted by atomic mass is 35.5. The van der Waals surface area contributed by atoms with E-state index in [9.17, 15) is 27.5 Å². The Morgan fingerprint density at radius 3 is 2.47 bits per heavy atom. The Balaban J connectivity index is 2.15. The van der Waals surface area contributed by atoms with Crippen LogP contribution in [0, 0.1) is 5.82 Å². The Morgan fingerprint density at radius 1 is 1.27 bits per heavy atom. The second kappa shape index (κ2) is 10.4. The van der Waals surface area contributed by atoms with Gasteiger partial charge in [0.15, 0.2) is 0 Å². The largest absolute Gasteiger partial charge is 0.403 e. The van der Waals surface area contributed by atoms with E-state index in [4.69, 9.17) is 23.1 Å². The predicted octanol–water partition coefficient (Wildman–Crippen LogP) is 2.02. The number of carbonyl (C=O) groups is 1. The van der Waals surface area contributed by atoms with Crippen LogP contribution in [0.4, 0.5) is 17.6 Å². The third kappa shape index (κ3) is 7.38. The van der Waals surface area contributed by atoms with Crippen molar-refractivity contribution in [2.24, 2.45) is 16.5 Å². The summed E-state index contributed by atoms with van der Waals surface area (Å²) in [6, 6.07) is 1.02. The highest BCUT2D eigenvalue weighted by Gasteiger charge is 2.37. The summed E-state index contributed by atoms with van der Waals surface area (Å²) in [6.07, 6.45) is -4.80. The zero-order valence-corrected chi connectivity index (χ0v) is 16.7. The number of benzene rings is 1. The van der Waals surface area contributed by atoms with Crippen LogP contribution in [0.1, 0.15) is 42.5 Å². The molecule has 1 aliphatic rings. The summed E-state index contributed by atoms with van der Waals surface area (Å²) in [5.74, 6) is -1.81. The molecule has 2 rings (SSSR count). The number of alkyl halides is 3. The number of aliphatic hydroxyl groups excluding tert-OH is 1. The Labute approximate surface area is 175 Å². The molecule has 1 amide bonds. The molecule has 1 fully saturated rings. The predicted molar refractivity (Wildman–Crippen MR) is 104 cm³/mol. The van der Waals surface area contributed by atoms with Gasteiger partial charge in [0.1, 0.15) is 11.9 Å². The number of nitrogens with two attached hydrogens (primary N) is 2. The first kappa shape index (κ1) is 24.3. The van der Waals surface area contributed by atoms with Gasteiger partial charge in [0, 0.05) is 18.0 Å². The normalized spacial score (nSPS) is 22.3. The fourth-order valence-corrected chi connectivity index (χ4v) is 3.07. The summed E-state index contributed by atoms with van der Waals surface area (Å²) in [5.41, 5.74) is 10.7. The minimum absolute atomic E-state index is 0.0994. The van der Waals surface area contributed by atoms with Crippen LogP contribution in [0.3, 0.4) is 0 Å². The first-order valence-corrected chi connectivity index (χ1v) is 9.70. The van der Waals surface area contributed by atoms with Crippen molar-refractivity contribution in [3.63, 3.8) is 0 Å². The summed E-state index contributed by atoms with van der Waals surface area (Å²) < 4.78 is 51.7. The van der Waals surface area contributed by atoms with E-state index in [2.05, 4.69) is 15.6 Å². The second-order valence-electron chi connectivity index (χ2n) is 7.18. The average Bonchev–Trinajstić information content (AvgIpc) is 2.64. The molecular formula is C18H24ClF4N5O2. The fourth-order valence-electron chi connectivity index (χ4n) is 2.96. The summed E-state index contributed by atoms with van der Waals surface area (Å²) in [7, 11) is 0. The maximum absolute atomic E-state index is 13.6. The highest BCUT2D eigenvalue weighted by molar-refractivity contribution is 6.30. The first-order chi connectivity index (χ1) is 14.0. The van der Waals surface area contributed by atoms with E-state index in [-0.39, 0.29) is 22.6 Å². The van der Waals surface area contributed by atoms with E-state index in [1.165, 1.54) is 12.1 Å². The van der Waals surface area contributed by atoms with Crippen LogP contribution >= 0.6 is 11.6 Å². The first-order valence-electron chi connectivity index (χ1n) is 9.32. The number of guanidine groups is 1. The minimum Gasteiger partial charge on any atom is -0.393 e. The highest BCUT2D eigenvalue weighted by Crippen LogP contribution is 2.21. The number of hydrogen-bond donors (Lipinski definition) is 5. The van der Waals surface area contributed by atoms with Gasteiger partial charge in [-0.1, -0.05) is 11.6 Å². The van der Waals surface area contributed by atoms with E-state index >= 15 is 0 Å². The maximum Gasteiger partial charge on any atom is 0.403 e. The SMILES string of the molecule is NC(CC(N)C(F)(F)F)N/C(=N/C(=O)c1ccc(Cl)c(F)c1)NC1CCC(O)CC1. The molecule has 2 unspecified atom stereocenters. The molecule has 1 saturated carbocycles.